The lowest BCUT2D eigenvalue weighted by molar-refractivity contribution is -0.116. The number of rotatable bonds is 6. The Kier molecular flexibility index (Phi) is 4.93. The largest absolute Gasteiger partial charge is 0.326 e. The zero-order valence-corrected chi connectivity index (χ0v) is 15.8. The third kappa shape index (κ3) is 3.95. The van der Waals surface area contributed by atoms with Gasteiger partial charge < -0.3 is 5.32 Å². The van der Waals surface area contributed by atoms with Gasteiger partial charge in [0.2, 0.25) is 15.9 Å². The molecule has 1 aliphatic rings. The molecule has 3 aromatic rings. The van der Waals surface area contributed by atoms with E-state index >= 15 is 0 Å². The molecule has 144 valence electrons. The van der Waals surface area contributed by atoms with Crippen LogP contribution in [-0.2, 0) is 34.3 Å². The molecule has 0 bridgehead atoms. The highest BCUT2D eigenvalue weighted by atomic mass is 32.2. The van der Waals surface area contributed by atoms with Gasteiger partial charge in [-0.3, -0.25) is 4.79 Å². The summed E-state index contributed by atoms with van der Waals surface area (Å²) in [7, 11) is -3.68. The van der Waals surface area contributed by atoms with Crippen LogP contribution in [0.25, 0.3) is 0 Å². The molecule has 28 heavy (non-hydrogen) atoms. The average Bonchev–Trinajstić information content (AvgIpc) is 3.20. The van der Waals surface area contributed by atoms with E-state index in [-0.39, 0.29) is 17.3 Å². The van der Waals surface area contributed by atoms with Crippen LogP contribution in [0.1, 0.15) is 23.1 Å². The summed E-state index contributed by atoms with van der Waals surface area (Å²) in [4.78, 5) is 15.6. The lowest BCUT2D eigenvalue weighted by atomic mass is 10.0. The number of amides is 1. The normalized spacial score (nSPS) is 13.8. The van der Waals surface area contributed by atoms with E-state index in [1.165, 1.54) is 12.4 Å². The van der Waals surface area contributed by atoms with Crippen molar-refractivity contribution in [3.8, 4) is 0 Å². The standard InChI is InChI=1S/C19H19N5O3S/c25-19-8-5-14-9-17(6-7-18(14)23-19)28(26,27)22-10-15-3-1-2-4-16(15)11-24-13-20-12-21-24/h1-4,6-7,9,12-13,22H,5,8,10-11H2,(H,23,25). The van der Waals surface area contributed by atoms with Crippen LogP contribution in [-0.4, -0.2) is 29.1 Å². The molecule has 4 rings (SSSR count). The number of benzene rings is 2. The molecule has 0 fully saturated rings. The van der Waals surface area contributed by atoms with Crippen molar-refractivity contribution in [1.82, 2.24) is 19.5 Å². The quantitative estimate of drug-likeness (QED) is 0.658. The molecule has 2 N–H and O–H groups in total. The number of nitrogens with zero attached hydrogens (tertiary/aromatic N) is 3. The van der Waals surface area contributed by atoms with Crippen LogP contribution in [0.4, 0.5) is 5.69 Å². The summed E-state index contributed by atoms with van der Waals surface area (Å²) in [5.74, 6) is -0.0507. The Morgan fingerprint density at radius 3 is 2.71 bits per heavy atom. The molecule has 0 saturated carbocycles. The minimum Gasteiger partial charge on any atom is -0.326 e. The maximum Gasteiger partial charge on any atom is 0.240 e. The topological polar surface area (TPSA) is 106 Å². The number of hydrogen-bond acceptors (Lipinski definition) is 5. The molecule has 1 aromatic heterocycles. The van der Waals surface area contributed by atoms with Crippen molar-refractivity contribution in [1.29, 1.82) is 0 Å². The van der Waals surface area contributed by atoms with Crippen molar-refractivity contribution < 1.29 is 13.2 Å². The van der Waals surface area contributed by atoms with Gasteiger partial charge in [0.05, 0.1) is 11.4 Å². The number of carbonyl (C=O) groups excluding carboxylic acids is 1. The van der Waals surface area contributed by atoms with Gasteiger partial charge in [-0.2, -0.15) is 5.10 Å². The summed E-state index contributed by atoms with van der Waals surface area (Å²) in [6.45, 7) is 0.678. The fourth-order valence-corrected chi connectivity index (χ4v) is 4.21. The monoisotopic (exact) mass is 397 g/mol. The minimum atomic E-state index is -3.68. The lowest BCUT2D eigenvalue weighted by Gasteiger charge is -2.18. The second-order valence-corrected chi connectivity index (χ2v) is 8.32. The second kappa shape index (κ2) is 7.53. The number of carbonyl (C=O) groups is 1. The van der Waals surface area contributed by atoms with Gasteiger partial charge in [-0.1, -0.05) is 24.3 Å². The Morgan fingerprint density at radius 1 is 1.11 bits per heavy atom. The number of nitrogens with one attached hydrogen (secondary N) is 2. The zero-order valence-electron chi connectivity index (χ0n) is 15.0. The van der Waals surface area contributed by atoms with Crippen LogP contribution in [0.3, 0.4) is 0 Å². The van der Waals surface area contributed by atoms with Gasteiger partial charge in [-0.05, 0) is 41.3 Å². The highest BCUT2D eigenvalue weighted by molar-refractivity contribution is 7.89. The molecule has 1 aliphatic heterocycles. The van der Waals surface area contributed by atoms with Gasteiger partial charge in [-0.15, -0.1) is 0 Å². The van der Waals surface area contributed by atoms with E-state index in [9.17, 15) is 13.2 Å². The lowest BCUT2D eigenvalue weighted by Crippen LogP contribution is -2.25. The molecule has 0 unspecified atom stereocenters. The first-order valence-corrected chi connectivity index (χ1v) is 10.3. The molecule has 2 heterocycles. The summed E-state index contributed by atoms with van der Waals surface area (Å²) in [5, 5.41) is 6.85. The van der Waals surface area contributed by atoms with Crippen LogP contribution in [0.15, 0.2) is 60.0 Å². The molecule has 0 saturated heterocycles. The molecule has 1 amide bonds. The summed E-state index contributed by atoms with van der Waals surface area (Å²) in [5.41, 5.74) is 3.33. The van der Waals surface area contributed by atoms with Crippen LogP contribution >= 0.6 is 0 Å². The molecule has 0 aliphatic carbocycles. The predicted molar refractivity (Wildman–Crippen MR) is 103 cm³/mol. The molecular weight excluding hydrogens is 378 g/mol. The SMILES string of the molecule is O=C1CCc2cc(S(=O)(=O)NCc3ccccc3Cn3cncn3)ccc2N1. The Labute approximate surface area is 162 Å². The third-order valence-electron chi connectivity index (χ3n) is 4.65. The highest BCUT2D eigenvalue weighted by Gasteiger charge is 2.20. The van der Waals surface area contributed by atoms with Crippen molar-refractivity contribution in [2.75, 3.05) is 5.32 Å². The molecule has 0 spiro atoms. The van der Waals surface area contributed by atoms with Crippen molar-refractivity contribution >= 4 is 21.6 Å². The van der Waals surface area contributed by atoms with Crippen LogP contribution in [0, 0.1) is 0 Å². The third-order valence-corrected chi connectivity index (χ3v) is 6.05. The molecule has 0 radical (unpaired) electrons. The minimum absolute atomic E-state index is 0.0507. The first kappa shape index (κ1) is 18.3. The Bertz CT molecular complexity index is 1110. The van der Waals surface area contributed by atoms with Crippen LogP contribution < -0.4 is 10.0 Å². The van der Waals surface area contributed by atoms with Crippen molar-refractivity contribution in [3.63, 3.8) is 0 Å². The summed E-state index contributed by atoms with van der Waals surface area (Å²) in [6, 6.07) is 12.4. The van der Waals surface area contributed by atoms with E-state index < -0.39 is 10.0 Å². The van der Waals surface area contributed by atoms with Gasteiger partial charge in [0.25, 0.3) is 0 Å². The molecule has 2 aromatic carbocycles. The first-order chi connectivity index (χ1) is 13.5. The number of anilines is 1. The van der Waals surface area contributed by atoms with Gasteiger partial charge in [0.15, 0.2) is 0 Å². The van der Waals surface area contributed by atoms with E-state index in [0.29, 0.717) is 25.1 Å². The smallest absolute Gasteiger partial charge is 0.240 e. The maximum absolute atomic E-state index is 12.8. The maximum atomic E-state index is 12.8. The van der Waals surface area contributed by atoms with E-state index in [1.807, 2.05) is 24.3 Å². The second-order valence-electron chi connectivity index (χ2n) is 6.55. The van der Waals surface area contributed by atoms with Crippen molar-refractivity contribution in [2.45, 2.75) is 30.8 Å². The van der Waals surface area contributed by atoms with Gasteiger partial charge in [0.1, 0.15) is 12.7 Å². The Morgan fingerprint density at radius 2 is 1.93 bits per heavy atom. The van der Waals surface area contributed by atoms with Crippen molar-refractivity contribution in [3.05, 3.63) is 71.8 Å². The van der Waals surface area contributed by atoms with Crippen LogP contribution in [0.2, 0.25) is 0 Å². The number of hydrogen-bond donors (Lipinski definition) is 2. The van der Waals surface area contributed by atoms with Crippen LogP contribution in [0.5, 0.6) is 0 Å². The first-order valence-electron chi connectivity index (χ1n) is 8.83. The molecule has 0 atom stereocenters. The fourth-order valence-electron chi connectivity index (χ4n) is 3.16. The molecule has 8 nitrogen and oxygen atoms in total. The van der Waals surface area contributed by atoms with Gasteiger partial charge in [0, 0.05) is 18.7 Å². The fraction of sp³-hybridized carbons (Fsp3) is 0.211. The van der Waals surface area contributed by atoms with E-state index in [1.54, 1.807) is 23.1 Å². The number of aromatic nitrogens is 3. The molecular formula is C19H19N5O3S. The number of sulfonamides is 1. The average molecular weight is 397 g/mol. The zero-order chi connectivity index (χ0) is 19.6. The van der Waals surface area contributed by atoms with E-state index in [4.69, 9.17) is 0 Å². The Hall–Kier alpha value is -3.04. The van der Waals surface area contributed by atoms with E-state index in [0.717, 1.165) is 16.7 Å². The predicted octanol–water partition coefficient (Wildman–Crippen LogP) is 1.69. The number of aryl methyl sites for hydroxylation is 1. The molecule has 9 heteroatoms. The van der Waals surface area contributed by atoms with E-state index in [2.05, 4.69) is 20.1 Å². The number of fused-ring (bicyclic) bond motifs is 1. The summed E-state index contributed by atoms with van der Waals surface area (Å²) >= 11 is 0. The highest BCUT2D eigenvalue weighted by Crippen LogP contribution is 2.25. The summed E-state index contributed by atoms with van der Waals surface area (Å²) in [6.07, 6.45) is 3.97. The van der Waals surface area contributed by atoms with Crippen molar-refractivity contribution in [2.24, 2.45) is 0 Å². The van der Waals surface area contributed by atoms with Gasteiger partial charge >= 0.3 is 0 Å². The van der Waals surface area contributed by atoms with Gasteiger partial charge in [-0.25, -0.2) is 22.8 Å². The summed E-state index contributed by atoms with van der Waals surface area (Å²) < 4.78 is 29.9. The Balaban J connectivity index is 1.51.